The van der Waals surface area contributed by atoms with Gasteiger partial charge < -0.3 is 4.42 Å². The second kappa shape index (κ2) is 5.12. The van der Waals surface area contributed by atoms with Crippen molar-refractivity contribution in [1.82, 2.24) is 10.2 Å². The Balaban J connectivity index is 2.29. The monoisotopic (exact) mass is 236 g/mol. The molecule has 2 rings (SSSR count). The number of hydrogen-bond donors (Lipinski definition) is 0. The van der Waals surface area contributed by atoms with E-state index in [9.17, 15) is 0 Å². The van der Waals surface area contributed by atoms with Gasteiger partial charge in [-0.3, -0.25) is 0 Å². The molecule has 0 amide bonds. The van der Waals surface area contributed by atoms with E-state index in [4.69, 9.17) is 16.0 Å². The minimum absolute atomic E-state index is 0.158. The molecule has 0 spiro atoms. The number of nitrogens with zero attached hydrogens (tertiary/aromatic N) is 2. The van der Waals surface area contributed by atoms with E-state index in [0.717, 1.165) is 6.42 Å². The molecule has 3 nitrogen and oxygen atoms in total. The average Bonchev–Trinajstić information content (AvgIpc) is 2.80. The summed E-state index contributed by atoms with van der Waals surface area (Å²) >= 11 is 5.64. The van der Waals surface area contributed by atoms with Gasteiger partial charge in [-0.25, -0.2) is 0 Å². The molecule has 0 saturated carbocycles. The number of aromatic nitrogens is 2. The molecule has 1 heterocycles. The summed E-state index contributed by atoms with van der Waals surface area (Å²) in [5, 5.41) is 7.91. The highest BCUT2D eigenvalue weighted by Gasteiger charge is 2.18. The van der Waals surface area contributed by atoms with Crippen LogP contribution in [-0.4, -0.2) is 10.2 Å². The van der Waals surface area contributed by atoms with Gasteiger partial charge in [-0.05, 0) is 12.0 Å². The Morgan fingerprint density at radius 1 is 1.25 bits per heavy atom. The quantitative estimate of drug-likeness (QED) is 0.765. The van der Waals surface area contributed by atoms with Crippen LogP contribution in [0.3, 0.4) is 0 Å². The van der Waals surface area contributed by atoms with Gasteiger partial charge in [0.05, 0.1) is 5.92 Å². The van der Waals surface area contributed by atoms with Crippen molar-refractivity contribution >= 4 is 11.6 Å². The first-order valence-corrected chi connectivity index (χ1v) is 5.81. The number of rotatable bonds is 4. The van der Waals surface area contributed by atoms with Crippen LogP contribution < -0.4 is 0 Å². The van der Waals surface area contributed by atoms with E-state index in [0.29, 0.717) is 11.8 Å². The van der Waals surface area contributed by atoms with Crippen molar-refractivity contribution in [3.8, 4) is 0 Å². The minimum Gasteiger partial charge on any atom is -0.423 e. The van der Waals surface area contributed by atoms with Crippen molar-refractivity contribution < 1.29 is 4.42 Å². The van der Waals surface area contributed by atoms with Gasteiger partial charge in [0, 0.05) is 0 Å². The van der Waals surface area contributed by atoms with Gasteiger partial charge in [0.15, 0.2) is 0 Å². The molecule has 0 saturated heterocycles. The Labute approximate surface area is 99.5 Å². The van der Waals surface area contributed by atoms with Gasteiger partial charge in [0.2, 0.25) is 11.8 Å². The fourth-order valence-corrected chi connectivity index (χ4v) is 1.81. The molecule has 0 fully saturated rings. The third-order valence-corrected chi connectivity index (χ3v) is 2.73. The molecule has 0 N–H and O–H groups in total. The standard InChI is InChI=1S/C12H13ClN2O/c1-2-10(9-6-4-3-5-7-9)12-15-14-11(8-13)16-12/h3-7,10H,2,8H2,1H3. The van der Waals surface area contributed by atoms with Crippen molar-refractivity contribution in [2.45, 2.75) is 25.1 Å². The van der Waals surface area contributed by atoms with E-state index in [-0.39, 0.29) is 11.8 Å². The number of benzene rings is 1. The van der Waals surface area contributed by atoms with Crippen molar-refractivity contribution in [3.05, 3.63) is 47.7 Å². The molecule has 4 heteroatoms. The predicted molar refractivity (Wildman–Crippen MR) is 62.4 cm³/mol. The van der Waals surface area contributed by atoms with E-state index in [2.05, 4.69) is 29.3 Å². The molecule has 2 aromatic rings. The molecule has 0 aliphatic rings. The summed E-state index contributed by atoms with van der Waals surface area (Å²) in [5.74, 6) is 1.54. The smallest absolute Gasteiger partial charge is 0.231 e. The lowest BCUT2D eigenvalue weighted by Gasteiger charge is -2.09. The van der Waals surface area contributed by atoms with Crippen LogP contribution in [0.15, 0.2) is 34.7 Å². The van der Waals surface area contributed by atoms with Crippen LogP contribution in [0.25, 0.3) is 0 Å². The molecule has 0 bridgehead atoms. The molecule has 84 valence electrons. The van der Waals surface area contributed by atoms with Gasteiger partial charge in [-0.15, -0.1) is 21.8 Å². The first-order chi connectivity index (χ1) is 7.85. The van der Waals surface area contributed by atoms with Crippen LogP contribution in [0.5, 0.6) is 0 Å². The largest absolute Gasteiger partial charge is 0.423 e. The van der Waals surface area contributed by atoms with E-state index in [1.165, 1.54) is 5.56 Å². The molecular weight excluding hydrogens is 224 g/mol. The zero-order valence-electron chi connectivity index (χ0n) is 9.06. The first-order valence-electron chi connectivity index (χ1n) is 5.28. The van der Waals surface area contributed by atoms with Crippen molar-refractivity contribution in [3.63, 3.8) is 0 Å². The zero-order valence-corrected chi connectivity index (χ0v) is 9.81. The Hall–Kier alpha value is -1.35. The Kier molecular flexibility index (Phi) is 3.57. The lowest BCUT2D eigenvalue weighted by molar-refractivity contribution is 0.440. The van der Waals surface area contributed by atoms with Gasteiger partial charge in [0.1, 0.15) is 5.88 Å². The summed E-state index contributed by atoms with van der Waals surface area (Å²) in [5.41, 5.74) is 1.19. The SMILES string of the molecule is CCC(c1ccccc1)c1nnc(CCl)o1. The van der Waals surface area contributed by atoms with Crippen molar-refractivity contribution in [2.75, 3.05) is 0 Å². The summed E-state index contributed by atoms with van der Waals surface area (Å²) in [7, 11) is 0. The summed E-state index contributed by atoms with van der Waals surface area (Å²) in [6.45, 7) is 2.10. The van der Waals surface area contributed by atoms with Crippen molar-refractivity contribution in [1.29, 1.82) is 0 Å². The Morgan fingerprint density at radius 2 is 2.00 bits per heavy atom. The van der Waals surface area contributed by atoms with E-state index < -0.39 is 0 Å². The highest BCUT2D eigenvalue weighted by Crippen LogP contribution is 2.26. The summed E-state index contributed by atoms with van der Waals surface area (Å²) in [6.07, 6.45) is 0.925. The zero-order chi connectivity index (χ0) is 11.4. The lowest BCUT2D eigenvalue weighted by Crippen LogP contribution is -1.99. The highest BCUT2D eigenvalue weighted by atomic mass is 35.5. The first kappa shape index (κ1) is 11.1. The fourth-order valence-electron chi connectivity index (χ4n) is 1.70. The topological polar surface area (TPSA) is 38.9 Å². The molecule has 0 aliphatic heterocycles. The molecule has 1 aromatic carbocycles. The molecular formula is C12H13ClN2O. The van der Waals surface area contributed by atoms with Crippen molar-refractivity contribution in [2.24, 2.45) is 0 Å². The lowest BCUT2D eigenvalue weighted by atomic mass is 9.97. The maximum absolute atomic E-state index is 5.64. The predicted octanol–water partition coefficient (Wildman–Crippen LogP) is 3.35. The highest BCUT2D eigenvalue weighted by molar-refractivity contribution is 6.16. The molecule has 1 atom stereocenters. The number of halogens is 1. The summed E-state index contributed by atoms with van der Waals surface area (Å²) in [6, 6.07) is 10.2. The third-order valence-electron chi connectivity index (χ3n) is 2.51. The second-order valence-corrected chi connectivity index (χ2v) is 3.81. The van der Waals surface area contributed by atoms with E-state index >= 15 is 0 Å². The Bertz CT molecular complexity index is 441. The molecule has 0 aliphatic carbocycles. The molecule has 1 unspecified atom stereocenters. The van der Waals surface area contributed by atoms with Gasteiger partial charge in [-0.1, -0.05) is 37.3 Å². The van der Waals surface area contributed by atoms with E-state index in [1.54, 1.807) is 0 Å². The van der Waals surface area contributed by atoms with Gasteiger partial charge in [0.25, 0.3) is 0 Å². The molecule has 16 heavy (non-hydrogen) atoms. The van der Waals surface area contributed by atoms with Crippen LogP contribution in [0, 0.1) is 0 Å². The van der Waals surface area contributed by atoms with Crippen LogP contribution in [0.2, 0.25) is 0 Å². The minimum atomic E-state index is 0.158. The maximum atomic E-state index is 5.64. The third kappa shape index (κ3) is 2.25. The van der Waals surface area contributed by atoms with Crippen LogP contribution in [0.1, 0.15) is 36.6 Å². The van der Waals surface area contributed by atoms with Gasteiger partial charge in [-0.2, -0.15) is 0 Å². The van der Waals surface area contributed by atoms with E-state index in [1.807, 2.05) is 18.2 Å². The summed E-state index contributed by atoms with van der Waals surface area (Å²) in [4.78, 5) is 0. The maximum Gasteiger partial charge on any atom is 0.231 e. The second-order valence-electron chi connectivity index (χ2n) is 3.54. The summed E-state index contributed by atoms with van der Waals surface area (Å²) < 4.78 is 5.49. The van der Waals surface area contributed by atoms with Crippen LogP contribution >= 0.6 is 11.6 Å². The normalized spacial score (nSPS) is 12.6. The number of alkyl halides is 1. The molecule has 0 radical (unpaired) electrons. The average molecular weight is 237 g/mol. The van der Waals surface area contributed by atoms with Crippen LogP contribution in [-0.2, 0) is 5.88 Å². The van der Waals surface area contributed by atoms with Crippen LogP contribution in [0.4, 0.5) is 0 Å². The Morgan fingerprint density at radius 3 is 2.56 bits per heavy atom. The van der Waals surface area contributed by atoms with Gasteiger partial charge >= 0.3 is 0 Å². The number of hydrogen-bond acceptors (Lipinski definition) is 3. The molecule has 1 aromatic heterocycles. The fraction of sp³-hybridized carbons (Fsp3) is 0.333.